The summed E-state index contributed by atoms with van der Waals surface area (Å²) in [4.78, 5) is 20.3. The van der Waals surface area contributed by atoms with Gasteiger partial charge in [-0.25, -0.2) is 0 Å². The first-order valence-electron chi connectivity index (χ1n) is 7.80. The van der Waals surface area contributed by atoms with Gasteiger partial charge in [-0.05, 0) is 31.0 Å². The van der Waals surface area contributed by atoms with Gasteiger partial charge < -0.3 is 4.98 Å². The lowest BCUT2D eigenvalue weighted by molar-refractivity contribution is 0.929. The molecule has 4 heteroatoms. The van der Waals surface area contributed by atoms with Gasteiger partial charge in [0.2, 0.25) is 0 Å². The summed E-state index contributed by atoms with van der Waals surface area (Å²) in [6, 6.07) is 5.62. The Morgan fingerprint density at radius 1 is 1.21 bits per heavy atom. The third kappa shape index (κ3) is 4.32. The van der Waals surface area contributed by atoms with Crippen molar-refractivity contribution >= 4 is 38.6 Å². The molecule has 1 aromatic heterocycles. The lowest BCUT2D eigenvalue weighted by Crippen LogP contribution is -2.10. The molecule has 0 fully saturated rings. The lowest BCUT2D eigenvalue weighted by atomic mass is 10.0. The number of aromatic nitrogens is 1. The number of hydrogen-bond acceptors (Lipinski definition) is 2. The summed E-state index contributed by atoms with van der Waals surface area (Å²) >= 11 is 3.42. The Morgan fingerprint density at radius 2 is 1.92 bits per heavy atom. The fraction of sp³-hybridized carbons (Fsp3) is 0.300. The van der Waals surface area contributed by atoms with Crippen LogP contribution in [-0.4, -0.2) is 11.2 Å². The first-order chi connectivity index (χ1) is 11.0. The van der Waals surface area contributed by atoms with Crippen molar-refractivity contribution in [3.8, 4) is 0 Å². The van der Waals surface area contributed by atoms with Gasteiger partial charge in [0, 0.05) is 39.1 Å². The molecule has 0 saturated carbocycles. The van der Waals surface area contributed by atoms with E-state index in [1.54, 1.807) is 12.4 Å². The molecule has 1 aromatic carbocycles. The number of aromatic amines is 1. The van der Waals surface area contributed by atoms with E-state index in [1.165, 1.54) is 0 Å². The van der Waals surface area contributed by atoms with Crippen molar-refractivity contribution in [1.82, 2.24) is 4.98 Å². The van der Waals surface area contributed by atoms with Crippen LogP contribution in [0.3, 0.4) is 0 Å². The Hall–Kier alpha value is -1.94. The maximum atomic E-state index is 12.7. The molecule has 3 rings (SSSR count). The number of benzene rings is 1. The average molecular weight is 389 g/mol. The highest BCUT2D eigenvalue weighted by atomic mass is 79.9. The lowest BCUT2D eigenvalue weighted by Gasteiger charge is -2.05. The van der Waals surface area contributed by atoms with Gasteiger partial charge in [-0.1, -0.05) is 56.3 Å². The van der Waals surface area contributed by atoms with Gasteiger partial charge in [-0.2, -0.15) is 0 Å². The van der Waals surface area contributed by atoms with E-state index in [9.17, 15) is 4.79 Å². The summed E-state index contributed by atoms with van der Waals surface area (Å²) in [5, 5.41) is 0.687. The molecule has 1 aliphatic rings. The molecular weight excluding hydrogens is 364 g/mol. The zero-order chi connectivity index (χ0) is 17.0. The Bertz CT molecular complexity index is 860. The third-order valence-corrected chi connectivity index (χ3v) is 4.00. The van der Waals surface area contributed by atoms with Crippen LogP contribution in [-0.2, 0) is 0 Å². The Kier molecular flexibility index (Phi) is 7.36. The van der Waals surface area contributed by atoms with E-state index in [-0.39, 0.29) is 18.8 Å². The molecule has 1 N–H and O–H groups in total. The van der Waals surface area contributed by atoms with Gasteiger partial charge in [0.05, 0.1) is 5.52 Å². The minimum Gasteiger partial charge on any atom is -0.360 e. The highest BCUT2D eigenvalue weighted by Gasteiger charge is 2.11. The van der Waals surface area contributed by atoms with Crippen molar-refractivity contribution in [2.75, 3.05) is 0 Å². The van der Waals surface area contributed by atoms with Crippen LogP contribution in [0.2, 0.25) is 0 Å². The van der Waals surface area contributed by atoms with Crippen LogP contribution in [0, 0.1) is 5.92 Å². The molecule has 0 radical (unpaired) electrons. The van der Waals surface area contributed by atoms with E-state index in [2.05, 4.69) is 45.0 Å². The molecule has 1 aliphatic heterocycles. The molecule has 24 heavy (non-hydrogen) atoms. The van der Waals surface area contributed by atoms with E-state index in [4.69, 9.17) is 0 Å². The summed E-state index contributed by atoms with van der Waals surface area (Å²) in [6.45, 7) is 8.05. The minimum absolute atomic E-state index is 0. The van der Waals surface area contributed by atoms with Crippen LogP contribution in [0.1, 0.15) is 40.7 Å². The molecule has 128 valence electrons. The number of pyridine rings is 1. The summed E-state index contributed by atoms with van der Waals surface area (Å²) in [5.74, 6) is 0.252. The number of H-pyrrole nitrogens is 1. The second-order valence-electron chi connectivity index (χ2n) is 5.27. The Balaban J connectivity index is 0.000000925. The maximum absolute atomic E-state index is 12.7. The summed E-state index contributed by atoms with van der Waals surface area (Å²) in [5.41, 5.74) is 3.34. The molecule has 2 heterocycles. The second-order valence-corrected chi connectivity index (χ2v) is 6.18. The number of halogens is 1. The molecule has 0 saturated heterocycles. The molecule has 1 atom stereocenters. The van der Waals surface area contributed by atoms with Crippen LogP contribution in [0.25, 0.3) is 16.5 Å². The van der Waals surface area contributed by atoms with Crippen molar-refractivity contribution in [2.24, 2.45) is 10.9 Å². The van der Waals surface area contributed by atoms with E-state index < -0.39 is 0 Å². The van der Waals surface area contributed by atoms with Crippen molar-refractivity contribution < 1.29 is 0 Å². The number of nitrogens with zero attached hydrogens (tertiary/aromatic N) is 1. The van der Waals surface area contributed by atoms with E-state index in [1.807, 2.05) is 39.0 Å². The monoisotopic (exact) mass is 388 g/mol. The molecule has 3 nitrogen and oxygen atoms in total. The smallest absolute Gasteiger partial charge is 0.197 e. The average Bonchev–Trinajstić information content (AvgIpc) is 2.70. The van der Waals surface area contributed by atoms with Gasteiger partial charge >= 0.3 is 0 Å². The molecule has 0 aliphatic carbocycles. The van der Waals surface area contributed by atoms with E-state index in [0.29, 0.717) is 10.9 Å². The fourth-order valence-corrected chi connectivity index (χ4v) is 2.90. The highest BCUT2D eigenvalue weighted by molar-refractivity contribution is 9.10. The zero-order valence-electron chi connectivity index (χ0n) is 13.9. The number of hydrogen-bond donors (Lipinski definition) is 1. The molecule has 0 bridgehead atoms. The first kappa shape index (κ1) is 20.1. The van der Waals surface area contributed by atoms with Crippen molar-refractivity contribution in [1.29, 1.82) is 0 Å². The van der Waals surface area contributed by atoms with E-state index in [0.717, 1.165) is 21.3 Å². The predicted molar refractivity (Wildman–Crippen MR) is 110 cm³/mol. The van der Waals surface area contributed by atoms with Crippen LogP contribution >= 0.6 is 15.9 Å². The van der Waals surface area contributed by atoms with E-state index >= 15 is 0 Å². The molecule has 0 amide bonds. The molecule has 0 spiro atoms. The minimum atomic E-state index is 0. The zero-order valence-corrected chi connectivity index (χ0v) is 15.4. The van der Waals surface area contributed by atoms with Gasteiger partial charge in [0.1, 0.15) is 0 Å². The largest absolute Gasteiger partial charge is 0.360 e. The maximum Gasteiger partial charge on any atom is 0.197 e. The van der Waals surface area contributed by atoms with Crippen LogP contribution in [0.5, 0.6) is 0 Å². The van der Waals surface area contributed by atoms with Gasteiger partial charge in [-0.3, -0.25) is 9.79 Å². The SMILES string of the molecule is C.CC.CC1=CC(C)C=C(c2c[nH]c3cc(Br)ccc3c2=O)C=N1. The Morgan fingerprint density at radius 3 is 2.62 bits per heavy atom. The summed E-state index contributed by atoms with van der Waals surface area (Å²) in [6.07, 6.45) is 7.68. The number of nitrogens with one attached hydrogen (secondary N) is 1. The third-order valence-electron chi connectivity index (χ3n) is 3.51. The predicted octanol–water partition coefficient (Wildman–Crippen LogP) is 5.96. The van der Waals surface area contributed by atoms with Crippen LogP contribution in [0.15, 0.2) is 56.5 Å². The van der Waals surface area contributed by atoms with Crippen LogP contribution in [0.4, 0.5) is 0 Å². The number of aliphatic imine (C=N–C) groups is 1. The topological polar surface area (TPSA) is 45.2 Å². The molecular formula is C20H25BrN2O. The van der Waals surface area contributed by atoms with Crippen molar-refractivity contribution in [3.05, 3.63) is 62.5 Å². The number of allylic oxidation sites excluding steroid dienone is 4. The number of rotatable bonds is 1. The Labute approximate surface area is 152 Å². The van der Waals surface area contributed by atoms with Gasteiger partial charge in [0.15, 0.2) is 5.43 Å². The standard InChI is InChI=1S/C17H15BrN2O.C2H6.CH4/c1-10-5-11(2)19-8-12(6-10)15-9-20-16-7-13(18)3-4-14(16)17(15)21;1-2;/h3-10H,1-2H3,(H,20,21);1-2H3;1H4. The van der Waals surface area contributed by atoms with Crippen LogP contribution < -0.4 is 5.43 Å². The normalized spacial score (nSPS) is 16.3. The summed E-state index contributed by atoms with van der Waals surface area (Å²) < 4.78 is 0.946. The number of fused-ring (bicyclic) bond motifs is 1. The molecule has 2 aromatic rings. The van der Waals surface area contributed by atoms with Gasteiger partial charge in [0.25, 0.3) is 0 Å². The summed E-state index contributed by atoms with van der Waals surface area (Å²) in [7, 11) is 0. The van der Waals surface area contributed by atoms with Crippen molar-refractivity contribution in [3.63, 3.8) is 0 Å². The van der Waals surface area contributed by atoms with Crippen molar-refractivity contribution in [2.45, 2.75) is 35.1 Å². The quantitative estimate of drug-likeness (QED) is 0.643. The second kappa shape index (κ2) is 8.78. The van der Waals surface area contributed by atoms with Gasteiger partial charge in [-0.15, -0.1) is 0 Å². The molecule has 1 unspecified atom stereocenters. The first-order valence-corrected chi connectivity index (χ1v) is 8.59. The fourth-order valence-electron chi connectivity index (χ4n) is 2.54. The highest BCUT2D eigenvalue weighted by Crippen LogP contribution is 2.21.